The van der Waals surface area contributed by atoms with Crippen molar-refractivity contribution in [2.45, 2.75) is 20.0 Å². The maximum atomic E-state index is 11.2. The first-order chi connectivity index (χ1) is 8.49. The molecule has 0 aliphatic carbocycles. The fourth-order valence-electron chi connectivity index (χ4n) is 1.10. The number of ether oxygens (including phenoxy) is 4. The first-order valence-electron chi connectivity index (χ1n) is 5.47. The Bertz CT molecular complexity index is 371. The normalized spacial score (nSPS) is 18.1. The zero-order chi connectivity index (χ0) is 13.5. The Balaban J connectivity index is 2.16. The number of carbonyl (C=O) groups excluding carboxylic acids is 2. The molecule has 0 spiro atoms. The molecule has 6 nitrogen and oxygen atoms in total. The number of rotatable bonds is 6. The highest BCUT2D eigenvalue weighted by molar-refractivity contribution is 5.87. The van der Waals surface area contributed by atoms with E-state index in [2.05, 4.69) is 16.1 Å². The van der Waals surface area contributed by atoms with Crippen LogP contribution < -0.4 is 0 Å². The zero-order valence-corrected chi connectivity index (χ0v) is 10.4. The molecule has 0 bridgehead atoms. The van der Waals surface area contributed by atoms with Gasteiger partial charge in [0.25, 0.3) is 0 Å². The molecule has 1 aliphatic heterocycles. The van der Waals surface area contributed by atoms with Crippen LogP contribution in [0.4, 0.5) is 4.79 Å². The predicted octanol–water partition coefficient (Wildman–Crippen LogP) is 1.56. The summed E-state index contributed by atoms with van der Waals surface area (Å²) in [5, 5.41) is 0. The van der Waals surface area contributed by atoms with Gasteiger partial charge in [-0.05, 0) is 19.9 Å². The van der Waals surface area contributed by atoms with Gasteiger partial charge in [0.05, 0.1) is 13.2 Å². The van der Waals surface area contributed by atoms with Gasteiger partial charge >= 0.3 is 12.1 Å². The van der Waals surface area contributed by atoms with Crippen LogP contribution in [0, 0.1) is 0 Å². The van der Waals surface area contributed by atoms with Crippen molar-refractivity contribution >= 4 is 12.1 Å². The van der Waals surface area contributed by atoms with Gasteiger partial charge in [0.2, 0.25) is 0 Å². The van der Waals surface area contributed by atoms with Gasteiger partial charge in [0.1, 0.15) is 11.9 Å². The standard InChI is InChI=1S/C12H16O6/c1-8(2)11(13)17-9(3)6-15-5-4-10-7-16-12(14)18-10/h4,9H,1,5-7H2,2-3H3. The van der Waals surface area contributed by atoms with E-state index in [0.29, 0.717) is 11.3 Å². The van der Waals surface area contributed by atoms with E-state index in [1.807, 2.05) is 0 Å². The van der Waals surface area contributed by atoms with Crippen LogP contribution in [0.5, 0.6) is 0 Å². The monoisotopic (exact) mass is 256 g/mol. The van der Waals surface area contributed by atoms with E-state index in [-0.39, 0.29) is 25.9 Å². The van der Waals surface area contributed by atoms with Crippen molar-refractivity contribution in [2.75, 3.05) is 19.8 Å². The van der Waals surface area contributed by atoms with E-state index < -0.39 is 12.1 Å². The number of cyclic esters (lactones) is 2. The molecule has 1 aliphatic rings. The molecule has 1 atom stereocenters. The number of carbonyl (C=O) groups is 2. The summed E-state index contributed by atoms with van der Waals surface area (Å²) in [6.07, 6.45) is 0.526. The molecule has 0 N–H and O–H groups in total. The Hall–Kier alpha value is -1.82. The summed E-state index contributed by atoms with van der Waals surface area (Å²) in [6, 6.07) is 0. The Morgan fingerprint density at radius 3 is 2.89 bits per heavy atom. The lowest BCUT2D eigenvalue weighted by atomic mass is 10.3. The second-order valence-electron chi connectivity index (χ2n) is 3.84. The first kappa shape index (κ1) is 14.2. The van der Waals surface area contributed by atoms with Gasteiger partial charge in [-0.25, -0.2) is 9.59 Å². The molecule has 100 valence electrons. The molecule has 1 saturated heterocycles. The minimum atomic E-state index is -0.704. The SMILES string of the molecule is C=C(C)C(=O)OC(C)COCC=C1COC(=O)O1. The highest BCUT2D eigenvalue weighted by Crippen LogP contribution is 2.09. The number of hydrogen-bond donors (Lipinski definition) is 0. The fraction of sp³-hybridized carbons (Fsp3) is 0.500. The van der Waals surface area contributed by atoms with E-state index in [9.17, 15) is 9.59 Å². The third kappa shape index (κ3) is 5.01. The molecular formula is C12H16O6. The van der Waals surface area contributed by atoms with Gasteiger partial charge < -0.3 is 18.9 Å². The largest absolute Gasteiger partial charge is 0.514 e. The summed E-state index contributed by atoms with van der Waals surface area (Å²) in [4.78, 5) is 21.8. The molecule has 6 heteroatoms. The van der Waals surface area contributed by atoms with Crippen LogP contribution in [0.2, 0.25) is 0 Å². The smallest absolute Gasteiger partial charge is 0.457 e. The second kappa shape index (κ2) is 6.80. The summed E-state index contributed by atoms with van der Waals surface area (Å²) in [7, 11) is 0. The van der Waals surface area contributed by atoms with Crippen LogP contribution in [-0.4, -0.2) is 38.0 Å². The molecule has 0 amide bonds. The lowest BCUT2D eigenvalue weighted by Crippen LogP contribution is -2.20. The van der Waals surface area contributed by atoms with Crippen molar-refractivity contribution in [1.29, 1.82) is 0 Å². The summed E-state index contributed by atoms with van der Waals surface area (Å²) in [5.41, 5.74) is 0.346. The predicted molar refractivity (Wildman–Crippen MR) is 61.7 cm³/mol. The molecule has 18 heavy (non-hydrogen) atoms. The van der Waals surface area contributed by atoms with E-state index in [0.717, 1.165) is 0 Å². The van der Waals surface area contributed by atoms with Crippen molar-refractivity contribution < 1.29 is 28.5 Å². The highest BCUT2D eigenvalue weighted by atomic mass is 16.8. The first-order valence-corrected chi connectivity index (χ1v) is 5.47. The Kier molecular flexibility index (Phi) is 5.38. The zero-order valence-electron chi connectivity index (χ0n) is 10.4. The maximum absolute atomic E-state index is 11.2. The molecule has 0 radical (unpaired) electrons. The topological polar surface area (TPSA) is 71.1 Å². The van der Waals surface area contributed by atoms with Gasteiger partial charge in [0, 0.05) is 5.57 Å². The summed E-state index contributed by atoms with van der Waals surface area (Å²) >= 11 is 0. The Morgan fingerprint density at radius 2 is 2.33 bits per heavy atom. The molecule has 1 fully saturated rings. The van der Waals surface area contributed by atoms with Crippen molar-refractivity contribution in [3.8, 4) is 0 Å². The average molecular weight is 256 g/mol. The summed E-state index contributed by atoms with van der Waals surface area (Å²) in [6.45, 7) is 7.40. The highest BCUT2D eigenvalue weighted by Gasteiger charge is 2.17. The lowest BCUT2D eigenvalue weighted by Gasteiger charge is -2.12. The third-order valence-corrected chi connectivity index (χ3v) is 1.98. The van der Waals surface area contributed by atoms with Crippen LogP contribution in [0.3, 0.4) is 0 Å². The average Bonchev–Trinajstić information content (AvgIpc) is 2.70. The Labute approximate surface area is 105 Å². The van der Waals surface area contributed by atoms with Gasteiger partial charge in [-0.15, -0.1) is 0 Å². The van der Waals surface area contributed by atoms with E-state index >= 15 is 0 Å². The van der Waals surface area contributed by atoms with Crippen molar-refractivity contribution in [3.05, 3.63) is 24.0 Å². The molecular weight excluding hydrogens is 240 g/mol. The summed E-state index contributed by atoms with van der Waals surface area (Å²) in [5.74, 6) is -0.0193. The molecule has 1 heterocycles. The van der Waals surface area contributed by atoms with E-state index in [4.69, 9.17) is 9.47 Å². The van der Waals surface area contributed by atoms with Crippen molar-refractivity contribution in [3.63, 3.8) is 0 Å². The fourth-order valence-corrected chi connectivity index (χ4v) is 1.10. The van der Waals surface area contributed by atoms with E-state index in [1.54, 1.807) is 19.9 Å². The van der Waals surface area contributed by atoms with Gasteiger partial charge in [-0.3, -0.25) is 0 Å². The third-order valence-electron chi connectivity index (χ3n) is 1.98. The van der Waals surface area contributed by atoms with Gasteiger partial charge in [-0.2, -0.15) is 0 Å². The second-order valence-corrected chi connectivity index (χ2v) is 3.84. The molecule has 0 aromatic carbocycles. The maximum Gasteiger partial charge on any atom is 0.514 e. The number of esters is 1. The van der Waals surface area contributed by atoms with Crippen LogP contribution >= 0.6 is 0 Å². The Morgan fingerprint density at radius 1 is 1.61 bits per heavy atom. The summed E-state index contributed by atoms with van der Waals surface area (Å²) < 4.78 is 19.5. The van der Waals surface area contributed by atoms with Gasteiger partial charge in [-0.1, -0.05) is 6.58 Å². The minimum absolute atomic E-state index is 0.127. The lowest BCUT2D eigenvalue weighted by molar-refractivity contribution is -0.145. The number of hydrogen-bond acceptors (Lipinski definition) is 6. The van der Waals surface area contributed by atoms with Crippen LogP contribution in [0.1, 0.15) is 13.8 Å². The molecule has 0 aromatic rings. The molecule has 0 aromatic heterocycles. The van der Waals surface area contributed by atoms with Crippen LogP contribution in [0.15, 0.2) is 24.0 Å². The van der Waals surface area contributed by atoms with Crippen LogP contribution in [0.25, 0.3) is 0 Å². The van der Waals surface area contributed by atoms with Crippen LogP contribution in [-0.2, 0) is 23.7 Å². The minimum Gasteiger partial charge on any atom is -0.457 e. The van der Waals surface area contributed by atoms with Crippen molar-refractivity contribution in [1.82, 2.24) is 0 Å². The van der Waals surface area contributed by atoms with Crippen molar-refractivity contribution in [2.24, 2.45) is 0 Å². The molecule has 0 saturated carbocycles. The molecule has 1 unspecified atom stereocenters. The quantitative estimate of drug-likeness (QED) is 0.408. The van der Waals surface area contributed by atoms with Gasteiger partial charge in [0.15, 0.2) is 6.61 Å². The molecule has 1 rings (SSSR count). The van der Waals surface area contributed by atoms with E-state index in [1.165, 1.54) is 0 Å².